The normalized spacial score (nSPS) is 15.9. The van der Waals surface area contributed by atoms with Crippen LogP contribution in [-0.2, 0) is 0 Å². The Morgan fingerprint density at radius 3 is 2.61 bits per heavy atom. The third kappa shape index (κ3) is 2.42. The zero-order valence-electron chi connectivity index (χ0n) is 12.8. The lowest BCUT2D eigenvalue weighted by molar-refractivity contribution is 0.0240. The second-order valence-electron chi connectivity index (χ2n) is 6.28. The second-order valence-corrected chi connectivity index (χ2v) is 6.28. The van der Waals surface area contributed by atoms with Gasteiger partial charge in [0.2, 0.25) is 0 Å². The third-order valence-electron chi connectivity index (χ3n) is 4.49. The molecule has 23 heavy (non-hydrogen) atoms. The van der Waals surface area contributed by atoms with E-state index in [2.05, 4.69) is 11.8 Å². The standard InChI is InChI=1S/C20H16O3/c1-13-3-5-16-15-6-4-14(7-10-20(22)8-2-9-20)12-17(15)19(21)23-18(16)11-13/h3-6,11-12,22H,2,8-9H2,1H3. The van der Waals surface area contributed by atoms with E-state index < -0.39 is 5.60 Å². The van der Waals surface area contributed by atoms with Gasteiger partial charge in [-0.25, -0.2) is 4.79 Å². The molecule has 0 unspecified atom stereocenters. The first-order valence-corrected chi connectivity index (χ1v) is 7.77. The Morgan fingerprint density at radius 1 is 1.09 bits per heavy atom. The highest BCUT2D eigenvalue weighted by atomic mass is 16.4. The Morgan fingerprint density at radius 2 is 1.87 bits per heavy atom. The van der Waals surface area contributed by atoms with Crippen molar-refractivity contribution in [3.8, 4) is 11.8 Å². The van der Waals surface area contributed by atoms with Crippen molar-refractivity contribution in [2.45, 2.75) is 31.8 Å². The average Bonchev–Trinajstić information content (AvgIpc) is 2.51. The monoisotopic (exact) mass is 304 g/mol. The van der Waals surface area contributed by atoms with Crippen LogP contribution in [-0.4, -0.2) is 10.7 Å². The molecule has 3 aromatic rings. The second kappa shape index (κ2) is 4.97. The number of hydrogen-bond donors (Lipinski definition) is 1. The van der Waals surface area contributed by atoms with Crippen molar-refractivity contribution in [3.63, 3.8) is 0 Å². The first-order valence-electron chi connectivity index (χ1n) is 7.77. The maximum atomic E-state index is 12.3. The van der Waals surface area contributed by atoms with Crippen LogP contribution >= 0.6 is 0 Å². The van der Waals surface area contributed by atoms with Crippen molar-refractivity contribution in [2.24, 2.45) is 0 Å². The lowest BCUT2D eigenvalue weighted by Crippen LogP contribution is -2.34. The quantitative estimate of drug-likeness (QED) is 0.393. The minimum Gasteiger partial charge on any atom is -0.422 e. The molecule has 1 heterocycles. The van der Waals surface area contributed by atoms with Crippen molar-refractivity contribution in [2.75, 3.05) is 0 Å². The molecule has 0 saturated heterocycles. The van der Waals surface area contributed by atoms with Crippen LogP contribution in [0, 0.1) is 18.8 Å². The van der Waals surface area contributed by atoms with Gasteiger partial charge in [-0.15, -0.1) is 0 Å². The summed E-state index contributed by atoms with van der Waals surface area (Å²) < 4.78 is 5.44. The number of aliphatic hydroxyl groups is 1. The fourth-order valence-corrected chi connectivity index (χ4v) is 2.94. The SMILES string of the molecule is Cc1ccc2c(c1)oc(=O)c1cc(C#CC3(O)CCC3)ccc12. The van der Waals surface area contributed by atoms with Gasteiger partial charge in [0.1, 0.15) is 11.2 Å². The highest BCUT2D eigenvalue weighted by molar-refractivity contribution is 6.04. The van der Waals surface area contributed by atoms with Gasteiger partial charge in [0.15, 0.2) is 0 Å². The van der Waals surface area contributed by atoms with Gasteiger partial charge in [-0.3, -0.25) is 0 Å². The maximum absolute atomic E-state index is 12.3. The van der Waals surface area contributed by atoms with Gasteiger partial charge in [-0.05, 0) is 49.9 Å². The summed E-state index contributed by atoms with van der Waals surface area (Å²) >= 11 is 0. The predicted molar refractivity (Wildman–Crippen MR) is 90.4 cm³/mol. The van der Waals surface area contributed by atoms with Crippen molar-refractivity contribution in [1.82, 2.24) is 0 Å². The van der Waals surface area contributed by atoms with Crippen LogP contribution in [0.15, 0.2) is 45.6 Å². The highest BCUT2D eigenvalue weighted by Gasteiger charge is 2.32. The topological polar surface area (TPSA) is 50.4 Å². The zero-order valence-corrected chi connectivity index (χ0v) is 12.8. The summed E-state index contributed by atoms with van der Waals surface area (Å²) in [7, 11) is 0. The van der Waals surface area contributed by atoms with E-state index >= 15 is 0 Å². The summed E-state index contributed by atoms with van der Waals surface area (Å²) in [6.07, 6.45) is 2.46. The molecule has 1 fully saturated rings. The molecule has 3 heteroatoms. The molecule has 1 aromatic heterocycles. The molecule has 0 radical (unpaired) electrons. The van der Waals surface area contributed by atoms with E-state index in [-0.39, 0.29) is 5.63 Å². The predicted octanol–water partition coefficient (Wildman–Crippen LogP) is 3.52. The molecule has 0 aliphatic heterocycles. The first-order chi connectivity index (χ1) is 11.0. The minimum atomic E-state index is -0.847. The summed E-state index contributed by atoms with van der Waals surface area (Å²) in [6, 6.07) is 11.4. The van der Waals surface area contributed by atoms with Gasteiger partial charge < -0.3 is 9.52 Å². The van der Waals surface area contributed by atoms with Crippen molar-refractivity contribution in [1.29, 1.82) is 0 Å². The Bertz CT molecular complexity index is 1040. The van der Waals surface area contributed by atoms with Gasteiger partial charge >= 0.3 is 5.63 Å². The lowest BCUT2D eigenvalue weighted by atomic mass is 9.81. The number of aryl methyl sites for hydroxylation is 1. The highest BCUT2D eigenvalue weighted by Crippen LogP contribution is 2.31. The fourth-order valence-electron chi connectivity index (χ4n) is 2.94. The minimum absolute atomic E-state index is 0.357. The van der Waals surface area contributed by atoms with E-state index in [9.17, 15) is 9.90 Å². The molecule has 1 saturated carbocycles. The van der Waals surface area contributed by atoms with Crippen LogP contribution in [0.1, 0.15) is 30.4 Å². The summed E-state index contributed by atoms with van der Waals surface area (Å²) in [4.78, 5) is 12.3. The van der Waals surface area contributed by atoms with Crippen LogP contribution in [0.4, 0.5) is 0 Å². The average molecular weight is 304 g/mol. The Balaban J connectivity index is 1.89. The van der Waals surface area contributed by atoms with E-state index in [0.29, 0.717) is 11.0 Å². The van der Waals surface area contributed by atoms with Crippen LogP contribution in [0.3, 0.4) is 0 Å². The number of fused-ring (bicyclic) bond motifs is 3. The Labute approximate surface area is 133 Å². The maximum Gasteiger partial charge on any atom is 0.344 e. The molecular formula is C20H16O3. The van der Waals surface area contributed by atoms with Gasteiger partial charge in [0.25, 0.3) is 0 Å². The molecular weight excluding hydrogens is 288 g/mol. The van der Waals surface area contributed by atoms with Gasteiger partial charge in [0, 0.05) is 16.3 Å². The molecule has 1 N–H and O–H groups in total. The number of hydrogen-bond acceptors (Lipinski definition) is 3. The third-order valence-corrected chi connectivity index (χ3v) is 4.49. The van der Waals surface area contributed by atoms with Crippen LogP contribution in [0.25, 0.3) is 21.7 Å². The van der Waals surface area contributed by atoms with Crippen LogP contribution in [0.2, 0.25) is 0 Å². The lowest BCUT2D eigenvalue weighted by Gasteiger charge is -2.30. The molecule has 3 nitrogen and oxygen atoms in total. The van der Waals surface area contributed by atoms with Gasteiger partial charge in [-0.1, -0.05) is 30.0 Å². The molecule has 0 bridgehead atoms. The van der Waals surface area contributed by atoms with E-state index in [0.717, 1.165) is 41.2 Å². The van der Waals surface area contributed by atoms with E-state index in [1.54, 1.807) is 6.07 Å². The molecule has 0 spiro atoms. The summed E-state index contributed by atoms with van der Waals surface area (Å²) in [5.41, 5.74) is 1.17. The molecule has 1 aliphatic rings. The van der Waals surface area contributed by atoms with Gasteiger partial charge in [-0.2, -0.15) is 0 Å². The van der Waals surface area contributed by atoms with Crippen LogP contribution in [0.5, 0.6) is 0 Å². The molecule has 0 atom stereocenters. The smallest absolute Gasteiger partial charge is 0.344 e. The Kier molecular flexibility index (Phi) is 3.04. The van der Waals surface area contributed by atoms with E-state index in [1.165, 1.54) is 0 Å². The van der Waals surface area contributed by atoms with Gasteiger partial charge in [0.05, 0.1) is 5.39 Å². The summed E-state index contributed by atoms with van der Waals surface area (Å²) in [6.45, 7) is 1.97. The van der Waals surface area contributed by atoms with E-state index in [4.69, 9.17) is 4.42 Å². The van der Waals surface area contributed by atoms with E-state index in [1.807, 2.05) is 37.3 Å². The molecule has 114 valence electrons. The summed E-state index contributed by atoms with van der Waals surface area (Å²) in [5.74, 6) is 5.90. The van der Waals surface area contributed by atoms with Crippen molar-refractivity contribution < 1.29 is 9.52 Å². The molecule has 4 rings (SSSR count). The molecule has 1 aliphatic carbocycles. The fraction of sp³-hybridized carbons (Fsp3) is 0.250. The van der Waals surface area contributed by atoms with Crippen LogP contribution < -0.4 is 5.63 Å². The zero-order chi connectivity index (χ0) is 16.0. The first kappa shape index (κ1) is 14.0. The number of benzene rings is 2. The molecule has 2 aromatic carbocycles. The summed E-state index contributed by atoms with van der Waals surface area (Å²) in [5, 5.41) is 12.4. The Hall–Kier alpha value is -2.57. The number of rotatable bonds is 0. The molecule has 0 amide bonds. The van der Waals surface area contributed by atoms with Crippen molar-refractivity contribution >= 4 is 21.7 Å². The van der Waals surface area contributed by atoms with Crippen molar-refractivity contribution in [3.05, 3.63) is 57.9 Å². The largest absolute Gasteiger partial charge is 0.422 e.